The number of carbonyl (C=O) groups excluding carboxylic acids is 1. The maximum Gasteiger partial charge on any atom is 0.407 e. The molecule has 0 bridgehead atoms. The van der Waals surface area contributed by atoms with Gasteiger partial charge >= 0.3 is 6.09 Å². The highest BCUT2D eigenvalue weighted by atomic mass is 16.7. The first kappa shape index (κ1) is 17.5. The van der Waals surface area contributed by atoms with Crippen molar-refractivity contribution in [3.8, 4) is 0 Å². The summed E-state index contributed by atoms with van der Waals surface area (Å²) in [6, 6.07) is -0.0777. The van der Waals surface area contributed by atoms with Crippen molar-refractivity contribution >= 4 is 6.09 Å². The number of rotatable bonds is 2. The third kappa shape index (κ3) is 3.91. The minimum Gasteiger partial charge on any atom is -0.444 e. The van der Waals surface area contributed by atoms with Gasteiger partial charge < -0.3 is 24.8 Å². The van der Waals surface area contributed by atoms with E-state index < -0.39 is 17.5 Å². The molecule has 2 saturated heterocycles. The summed E-state index contributed by atoms with van der Waals surface area (Å²) in [5.41, 5.74) is -0.475. The summed E-state index contributed by atoms with van der Waals surface area (Å²) in [7, 11) is 0. The van der Waals surface area contributed by atoms with Crippen LogP contribution in [0.2, 0.25) is 0 Å². The van der Waals surface area contributed by atoms with Crippen LogP contribution in [0.25, 0.3) is 0 Å². The second-order valence-corrected chi connectivity index (χ2v) is 8.21. The first-order chi connectivity index (χ1) is 10.0. The Morgan fingerprint density at radius 3 is 2.45 bits per heavy atom. The quantitative estimate of drug-likeness (QED) is 0.814. The number of nitrogens with one attached hydrogen (secondary N) is 2. The van der Waals surface area contributed by atoms with E-state index in [0.717, 1.165) is 6.54 Å². The Labute approximate surface area is 133 Å². The summed E-state index contributed by atoms with van der Waals surface area (Å²) >= 11 is 0. The molecule has 1 spiro atoms. The molecule has 2 atom stereocenters. The summed E-state index contributed by atoms with van der Waals surface area (Å²) in [5, 5.41) is 6.20. The van der Waals surface area contributed by atoms with Gasteiger partial charge in [-0.1, -0.05) is 20.8 Å². The number of hydrogen-bond donors (Lipinski definition) is 2. The second kappa shape index (κ2) is 5.98. The smallest absolute Gasteiger partial charge is 0.407 e. The molecule has 6 heteroatoms. The monoisotopic (exact) mass is 314 g/mol. The van der Waals surface area contributed by atoms with Crippen molar-refractivity contribution in [2.75, 3.05) is 26.3 Å². The van der Waals surface area contributed by atoms with E-state index in [-0.39, 0.29) is 17.4 Å². The lowest BCUT2D eigenvalue weighted by atomic mass is 9.91. The molecule has 6 nitrogen and oxygen atoms in total. The van der Waals surface area contributed by atoms with Crippen LogP contribution >= 0.6 is 0 Å². The van der Waals surface area contributed by atoms with E-state index in [2.05, 4.69) is 31.4 Å². The molecule has 0 aromatic rings. The van der Waals surface area contributed by atoms with E-state index in [9.17, 15) is 4.79 Å². The lowest BCUT2D eigenvalue weighted by Crippen LogP contribution is -2.59. The second-order valence-electron chi connectivity index (χ2n) is 8.21. The maximum absolute atomic E-state index is 11.8. The first-order valence-corrected chi connectivity index (χ1v) is 8.02. The van der Waals surface area contributed by atoms with Crippen molar-refractivity contribution < 1.29 is 19.0 Å². The van der Waals surface area contributed by atoms with Gasteiger partial charge in [-0.2, -0.15) is 0 Å². The van der Waals surface area contributed by atoms with Crippen molar-refractivity contribution in [1.82, 2.24) is 10.6 Å². The topological polar surface area (TPSA) is 68.8 Å². The highest BCUT2D eigenvalue weighted by molar-refractivity contribution is 5.67. The van der Waals surface area contributed by atoms with Crippen LogP contribution in [0.5, 0.6) is 0 Å². The predicted octanol–water partition coefficient (Wildman–Crippen LogP) is 1.89. The van der Waals surface area contributed by atoms with Crippen LogP contribution in [-0.2, 0) is 14.2 Å². The molecule has 0 saturated carbocycles. The summed E-state index contributed by atoms with van der Waals surface area (Å²) < 4.78 is 17.5. The zero-order valence-electron chi connectivity index (χ0n) is 14.6. The van der Waals surface area contributed by atoms with Crippen LogP contribution in [0.15, 0.2) is 0 Å². The van der Waals surface area contributed by atoms with Gasteiger partial charge in [0.25, 0.3) is 0 Å². The van der Waals surface area contributed by atoms with E-state index in [1.54, 1.807) is 0 Å². The van der Waals surface area contributed by atoms with Crippen molar-refractivity contribution in [2.24, 2.45) is 11.3 Å². The summed E-state index contributed by atoms with van der Waals surface area (Å²) in [4.78, 5) is 11.8. The number of alkyl carbamates (subject to hydrolysis) is 1. The average Bonchev–Trinajstić information content (AvgIpc) is 2.66. The highest BCUT2D eigenvalue weighted by Gasteiger charge is 2.54. The Kier molecular flexibility index (Phi) is 4.76. The molecule has 128 valence electrons. The van der Waals surface area contributed by atoms with E-state index in [0.29, 0.717) is 19.8 Å². The van der Waals surface area contributed by atoms with Crippen molar-refractivity contribution in [3.05, 3.63) is 0 Å². The van der Waals surface area contributed by atoms with Gasteiger partial charge in [-0.05, 0) is 20.8 Å². The summed E-state index contributed by atoms with van der Waals surface area (Å²) in [6.07, 6.45) is -0.417. The van der Waals surface area contributed by atoms with E-state index in [1.807, 2.05) is 20.8 Å². The molecule has 0 aliphatic carbocycles. The molecule has 2 rings (SSSR count). The largest absolute Gasteiger partial charge is 0.444 e. The highest BCUT2D eigenvalue weighted by Crippen LogP contribution is 2.39. The standard InChI is InChI=1S/C16H30N2O4/c1-11-7-17-12(8-18-13(19)22-14(2,3)4)16(11)20-9-15(5,6)10-21-16/h11-12,17H,7-10H2,1-6H3,(H,18,19). The van der Waals surface area contributed by atoms with Gasteiger partial charge in [0.1, 0.15) is 5.60 Å². The van der Waals surface area contributed by atoms with Gasteiger partial charge in [0, 0.05) is 24.4 Å². The Bertz CT molecular complexity index is 407. The molecule has 2 unspecified atom stereocenters. The Balaban J connectivity index is 1.94. The average molecular weight is 314 g/mol. The minimum atomic E-state index is -0.662. The minimum absolute atomic E-state index is 0.0245. The predicted molar refractivity (Wildman–Crippen MR) is 83.6 cm³/mol. The zero-order valence-corrected chi connectivity index (χ0v) is 14.6. The van der Waals surface area contributed by atoms with E-state index in [4.69, 9.17) is 14.2 Å². The fraction of sp³-hybridized carbons (Fsp3) is 0.938. The van der Waals surface area contributed by atoms with Gasteiger partial charge in [0.15, 0.2) is 5.79 Å². The molecule has 2 fully saturated rings. The van der Waals surface area contributed by atoms with Gasteiger partial charge in [0.2, 0.25) is 0 Å². The molecule has 0 aromatic heterocycles. The molecule has 0 radical (unpaired) electrons. The van der Waals surface area contributed by atoms with Crippen molar-refractivity contribution in [1.29, 1.82) is 0 Å². The molecule has 2 N–H and O–H groups in total. The normalized spacial score (nSPS) is 30.3. The Hall–Kier alpha value is -0.850. The van der Waals surface area contributed by atoms with Crippen molar-refractivity contribution in [3.63, 3.8) is 0 Å². The van der Waals surface area contributed by atoms with Gasteiger partial charge in [-0.25, -0.2) is 4.79 Å². The van der Waals surface area contributed by atoms with Crippen molar-refractivity contribution in [2.45, 2.75) is 59.0 Å². The van der Waals surface area contributed by atoms with Crippen LogP contribution in [0, 0.1) is 11.3 Å². The lowest BCUT2D eigenvalue weighted by molar-refractivity contribution is -0.316. The number of hydrogen-bond acceptors (Lipinski definition) is 5. The first-order valence-electron chi connectivity index (χ1n) is 8.02. The fourth-order valence-corrected chi connectivity index (χ4v) is 2.85. The molecule has 2 aliphatic rings. The molecule has 2 aliphatic heterocycles. The Morgan fingerprint density at radius 1 is 1.32 bits per heavy atom. The molecule has 2 heterocycles. The molecule has 1 amide bonds. The molecular weight excluding hydrogens is 284 g/mol. The van der Waals surface area contributed by atoms with E-state index >= 15 is 0 Å². The van der Waals surface area contributed by atoms with Crippen LogP contribution in [0.3, 0.4) is 0 Å². The van der Waals surface area contributed by atoms with E-state index in [1.165, 1.54) is 0 Å². The zero-order chi connectivity index (χ0) is 16.6. The lowest BCUT2D eigenvalue weighted by Gasteiger charge is -2.46. The molecule has 0 aromatic carbocycles. The fourth-order valence-electron chi connectivity index (χ4n) is 2.85. The molecule has 22 heavy (non-hydrogen) atoms. The third-order valence-corrected chi connectivity index (χ3v) is 4.07. The summed E-state index contributed by atoms with van der Waals surface area (Å²) in [5.74, 6) is -0.432. The third-order valence-electron chi connectivity index (χ3n) is 4.07. The SMILES string of the molecule is CC1CNC(CNC(=O)OC(C)(C)C)C12OCC(C)(C)CO2. The van der Waals surface area contributed by atoms with Crippen LogP contribution in [0.4, 0.5) is 4.79 Å². The Morgan fingerprint density at radius 2 is 1.91 bits per heavy atom. The number of carbonyl (C=O) groups is 1. The van der Waals surface area contributed by atoms with Gasteiger partial charge in [-0.15, -0.1) is 0 Å². The van der Waals surface area contributed by atoms with Crippen LogP contribution in [-0.4, -0.2) is 49.8 Å². The number of ether oxygens (including phenoxy) is 3. The molecular formula is C16H30N2O4. The van der Waals surface area contributed by atoms with Crippen LogP contribution in [0.1, 0.15) is 41.5 Å². The maximum atomic E-state index is 11.8. The van der Waals surface area contributed by atoms with Gasteiger partial charge in [0.05, 0.1) is 19.3 Å². The summed E-state index contributed by atoms with van der Waals surface area (Å²) in [6.45, 7) is 14.4. The number of amides is 1. The van der Waals surface area contributed by atoms with Gasteiger partial charge in [-0.3, -0.25) is 0 Å². The van der Waals surface area contributed by atoms with Crippen LogP contribution < -0.4 is 10.6 Å².